The first-order valence-corrected chi connectivity index (χ1v) is 9.47. The van der Waals surface area contributed by atoms with Gasteiger partial charge in [0, 0.05) is 0 Å². The van der Waals surface area contributed by atoms with Crippen molar-refractivity contribution in [2.75, 3.05) is 43.0 Å². The molecule has 0 radical (unpaired) electrons. The fraction of sp³-hybridized carbons (Fsp3) is 0.381. The lowest BCUT2D eigenvalue weighted by molar-refractivity contribution is -0.914. The van der Waals surface area contributed by atoms with Gasteiger partial charge >= 0.3 is 0 Å². The molecule has 1 fully saturated rings. The molecule has 0 aliphatic carbocycles. The molecule has 0 saturated carbocycles. The van der Waals surface area contributed by atoms with Crippen LogP contribution >= 0.6 is 0 Å². The fourth-order valence-electron chi connectivity index (χ4n) is 3.45. The molecule has 27 heavy (non-hydrogen) atoms. The van der Waals surface area contributed by atoms with Gasteiger partial charge in [-0.05, 0) is 38.1 Å². The average molecular weight is 372 g/mol. The van der Waals surface area contributed by atoms with Crippen molar-refractivity contribution in [1.29, 1.82) is 0 Å². The molecule has 0 aromatic heterocycles. The van der Waals surface area contributed by atoms with Gasteiger partial charge in [0.15, 0.2) is 6.04 Å². The Labute approximate surface area is 159 Å². The van der Waals surface area contributed by atoms with Crippen molar-refractivity contribution >= 4 is 17.3 Å². The molecule has 2 aromatic rings. The van der Waals surface area contributed by atoms with Crippen LogP contribution in [0.2, 0.25) is 0 Å². The highest BCUT2D eigenvalue weighted by atomic mass is 19.1. The highest BCUT2D eigenvalue weighted by Crippen LogP contribution is 2.27. The van der Waals surface area contributed by atoms with Crippen LogP contribution < -0.4 is 19.9 Å². The lowest BCUT2D eigenvalue weighted by Gasteiger charge is -2.36. The molecule has 0 bridgehead atoms. The van der Waals surface area contributed by atoms with Crippen LogP contribution in [-0.4, -0.2) is 44.7 Å². The summed E-state index contributed by atoms with van der Waals surface area (Å²) in [6.07, 6.45) is 0. The van der Waals surface area contributed by atoms with Gasteiger partial charge in [-0.2, -0.15) is 0 Å². The molecular weight excluding hydrogens is 345 g/mol. The van der Waals surface area contributed by atoms with Gasteiger partial charge in [-0.25, -0.2) is 4.39 Å². The molecule has 2 N–H and O–H groups in total. The summed E-state index contributed by atoms with van der Waals surface area (Å²) in [5.74, 6) is 0.331. The summed E-state index contributed by atoms with van der Waals surface area (Å²) >= 11 is 0. The minimum Gasteiger partial charge on any atom is -0.492 e. The molecular formula is C21H27FN3O2+. The molecule has 6 heteroatoms. The normalized spacial score (nSPS) is 16.0. The smallest absolute Gasteiger partial charge is 0.282 e. The van der Waals surface area contributed by atoms with Crippen molar-refractivity contribution < 1.29 is 18.8 Å². The number of anilines is 2. The highest BCUT2D eigenvalue weighted by molar-refractivity contribution is 5.93. The molecule has 0 spiro atoms. The summed E-state index contributed by atoms with van der Waals surface area (Å²) in [4.78, 5) is 16.0. The van der Waals surface area contributed by atoms with Crippen LogP contribution in [0.3, 0.4) is 0 Å². The van der Waals surface area contributed by atoms with Crippen LogP contribution in [0.1, 0.15) is 13.8 Å². The van der Waals surface area contributed by atoms with Crippen molar-refractivity contribution in [3.8, 4) is 5.75 Å². The van der Waals surface area contributed by atoms with Crippen molar-refractivity contribution in [1.82, 2.24) is 0 Å². The molecule has 3 rings (SSSR count). The summed E-state index contributed by atoms with van der Waals surface area (Å²) < 4.78 is 19.5. The predicted molar refractivity (Wildman–Crippen MR) is 105 cm³/mol. The van der Waals surface area contributed by atoms with Gasteiger partial charge in [0.1, 0.15) is 11.6 Å². The molecule has 1 aliphatic heterocycles. The van der Waals surface area contributed by atoms with Gasteiger partial charge in [-0.3, -0.25) is 4.79 Å². The Balaban J connectivity index is 1.59. The number of rotatable bonds is 6. The van der Waals surface area contributed by atoms with Crippen molar-refractivity contribution in [2.45, 2.75) is 19.9 Å². The minimum atomic E-state index is -0.412. The first-order valence-electron chi connectivity index (χ1n) is 9.47. The zero-order chi connectivity index (χ0) is 19.2. The van der Waals surface area contributed by atoms with E-state index >= 15 is 0 Å². The molecule has 1 heterocycles. The largest absolute Gasteiger partial charge is 0.492 e. The number of carbonyl (C=O) groups excluding carboxylic acids is 1. The van der Waals surface area contributed by atoms with Crippen LogP contribution in [0.25, 0.3) is 0 Å². The van der Waals surface area contributed by atoms with Crippen molar-refractivity contribution in [3.63, 3.8) is 0 Å². The monoisotopic (exact) mass is 372 g/mol. The third-order valence-corrected chi connectivity index (χ3v) is 5.05. The van der Waals surface area contributed by atoms with Crippen LogP contribution in [-0.2, 0) is 4.79 Å². The number of ether oxygens (including phenoxy) is 1. The second-order valence-electron chi connectivity index (χ2n) is 6.74. The number of piperazine rings is 1. The van der Waals surface area contributed by atoms with Gasteiger partial charge in [0.05, 0.1) is 44.2 Å². The number of carbonyl (C=O) groups is 1. The predicted octanol–water partition coefficient (Wildman–Crippen LogP) is 1.96. The quantitative estimate of drug-likeness (QED) is 0.815. The number of benzene rings is 2. The van der Waals surface area contributed by atoms with Gasteiger partial charge in [0.25, 0.3) is 5.91 Å². The Morgan fingerprint density at radius 1 is 1.19 bits per heavy atom. The van der Waals surface area contributed by atoms with E-state index in [0.717, 1.165) is 37.6 Å². The third kappa shape index (κ3) is 4.57. The maximum Gasteiger partial charge on any atom is 0.282 e. The molecule has 1 atom stereocenters. The number of hydrogen-bond acceptors (Lipinski definition) is 3. The van der Waals surface area contributed by atoms with E-state index in [2.05, 4.69) is 16.3 Å². The van der Waals surface area contributed by atoms with E-state index in [0.29, 0.717) is 6.61 Å². The van der Waals surface area contributed by atoms with E-state index in [1.54, 1.807) is 18.2 Å². The van der Waals surface area contributed by atoms with Gasteiger partial charge in [-0.15, -0.1) is 0 Å². The summed E-state index contributed by atoms with van der Waals surface area (Å²) in [5, 5.41) is 2.71. The van der Waals surface area contributed by atoms with E-state index < -0.39 is 5.82 Å². The molecule has 2 aromatic carbocycles. The average Bonchev–Trinajstić information content (AvgIpc) is 2.70. The number of halogens is 1. The summed E-state index contributed by atoms with van der Waals surface area (Å²) in [5.41, 5.74) is 1.33. The molecule has 1 aliphatic rings. The van der Waals surface area contributed by atoms with E-state index in [4.69, 9.17) is 4.74 Å². The Kier molecular flexibility index (Phi) is 6.29. The first-order chi connectivity index (χ1) is 13.1. The van der Waals surface area contributed by atoms with Crippen LogP contribution in [0.4, 0.5) is 15.8 Å². The number of quaternary nitrogens is 1. The van der Waals surface area contributed by atoms with Crippen LogP contribution in [0.15, 0.2) is 48.5 Å². The lowest BCUT2D eigenvalue weighted by atomic mass is 10.2. The zero-order valence-corrected chi connectivity index (χ0v) is 15.9. The fourth-order valence-corrected chi connectivity index (χ4v) is 3.45. The summed E-state index contributed by atoms with van der Waals surface area (Å²) in [7, 11) is 0. The summed E-state index contributed by atoms with van der Waals surface area (Å²) in [6.45, 7) is 7.88. The van der Waals surface area contributed by atoms with Crippen molar-refractivity contribution in [3.05, 3.63) is 54.3 Å². The van der Waals surface area contributed by atoms with Crippen LogP contribution in [0.5, 0.6) is 5.75 Å². The maximum absolute atomic E-state index is 13.8. The second kappa shape index (κ2) is 8.86. The second-order valence-corrected chi connectivity index (χ2v) is 6.74. The molecule has 1 amide bonds. The zero-order valence-electron chi connectivity index (χ0n) is 15.9. The number of para-hydroxylation sites is 3. The molecule has 0 unspecified atom stereocenters. The Morgan fingerprint density at radius 3 is 2.56 bits per heavy atom. The topological polar surface area (TPSA) is 46.0 Å². The van der Waals surface area contributed by atoms with E-state index in [1.165, 1.54) is 11.0 Å². The minimum absolute atomic E-state index is 0.154. The molecule has 1 saturated heterocycles. The van der Waals surface area contributed by atoms with Crippen LogP contribution in [0, 0.1) is 5.82 Å². The Hall–Kier alpha value is -2.60. The molecule has 5 nitrogen and oxygen atoms in total. The van der Waals surface area contributed by atoms with Gasteiger partial charge in [0.2, 0.25) is 0 Å². The van der Waals surface area contributed by atoms with Gasteiger partial charge < -0.3 is 19.9 Å². The number of amides is 1. The first kappa shape index (κ1) is 19.2. The summed E-state index contributed by atoms with van der Waals surface area (Å²) in [6, 6.07) is 14.1. The number of nitrogens with one attached hydrogen (secondary N) is 2. The highest BCUT2D eigenvalue weighted by Gasteiger charge is 2.30. The lowest BCUT2D eigenvalue weighted by Crippen LogP contribution is -3.19. The van der Waals surface area contributed by atoms with E-state index in [1.807, 2.05) is 32.0 Å². The van der Waals surface area contributed by atoms with Gasteiger partial charge in [-0.1, -0.05) is 24.3 Å². The standard InChI is InChI=1S/C21H26FN3O2/c1-3-27-20-11-7-6-10-19(20)25-14-12-24(13-15-25)16(2)21(26)23-18-9-5-4-8-17(18)22/h4-11,16H,3,12-15H2,1-2H3,(H,23,26)/p+1/t16-/m1/s1. The molecule has 144 valence electrons. The van der Waals surface area contributed by atoms with E-state index in [-0.39, 0.29) is 17.6 Å². The number of nitrogens with zero attached hydrogens (tertiary/aromatic N) is 1. The number of hydrogen-bond donors (Lipinski definition) is 2. The SMILES string of the molecule is CCOc1ccccc1N1CC[NH+]([C@H](C)C(=O)Nc2ccccc2F)CC1. The maximum atomic E-state index is 13.8. The Bertz CT molecular complexity index is 776. The Morgan fingerprint density at radius 2 is 1.85 bits per heavy atom. The van der Waals surface area contributed by atoms with Crippen molar-refractivity contribution in [2.24, 2.45) is 0 Å². The third-order valence-electron chi connectivity index (χ3n) is 5.05. The van der Waals surface area contributed by atoms with E-state index in [9.17, 15) is 9.18 Å².